The van der Waals surface area contributed by atoms with Gasteiger partial charge in [-0.05, 0) is 63.5 Å². The number of carbonyl (C=O) groups excluding carboxylic acids is 2. The van der Waals surface area contributed by atoms with Gasteiger partial charge in [-0.2, -0.15) is 0 Å². The molecule has 1 aliphatic carbocycles. The van der Waals surface area contributed by atoms with E-state index in [0.717, 1.165) is 42.6 Å². The molecule has 1 atom stereocenters. The van der Waals surface area contributed by atoms with Crippen LogP contribution in [0.4, 0.5) is 5.69 Å². The third-order valence-corrected chi connectivity index (χ3v) is 5.96. The van der Waals surface area contributed by atoms with Crippen molar-refractivity contribution in [3.05, 3.63) is 41.1 Å². The number of rotatable bonds is 6. The first kappa shape index (κ1) is 21.3. The predicted octanol–water partition coefficient (Wildman–Crippen LogP) is 3.90. The van der Waals surface area contributed by atoms with Gasteiger partial charge in [-0.1, -0.05) is 25.0 Å². The van der Waals surface area contributed by atoms with Crippen LogP contribution in [0, 0.1) is 5.92 Å². The molecule has 3 rings (SSSR count). The average molecular weight is 416 g/mol. The number of carbonyl (C=O) groups is 2. The summed E-state index contributed by atoms with van der Waals surface area (Å²) in [5.74, 6) is -0.195. The second-order valence-electron chi connectivity index (χ2n) is 7.44. The minimum Gasteiger partial charge on any atom is -0.463 e. The number of amides is 1. The Balaban J connectivity index is 1.90. The van der Waals surface area contributed by atoms with Gasteiger partial charge in [-0.15, -0.1) is 0 Å². The van der Waals surface area contributed by atoms with Crippen LogP contribution in [0.15, 0.2) is 35.5 Å². The standard InChI is InChI=1S/C22H29N3O3S/c1-4-25-14(3)18(21(27)28-5-2)19(24-22(25)29)16-11-8-12-17(13-16)23-20(26)15-9-6-7-10-15/h8,11-13,15,19H,4-7,9-10H2,1-3H3,(H,23,26)(H,24,29)/t19-/m1/s1. The van der Waals surface area contributed by atoms with Crippen molar-refractivity contribution in [2.45, 2.75) is 52.5 Å². The Labute approximate surface area is 177 Å². The maximum atomic E-state index is 12.7. The van der Waals surface area contributed by atoms with Gasteiger partial charge in [0.15, 0.2) is 5.11 Å². The van der Waals surface area contributed by atoms with Crippen LogP contribution in [0.3, 0.4) is 0 Å². The second kappa shape index (κ2) is 9.39. The Bertz CT molecular complexity index is 830. The van der Waals surface area contributed by atoms with Crippen LogP contribution in [0.2, 0.25) is 0 Å². The van der Waals surface area contributed by atoms with E-state index in [1.807, 2.05) is 43.0 Å². The third-order valence-electron chi connectivity index (χ3n) is 5.62. The maximum Gasteiger partial charge on any atom is 0.338 e. The molecule has 7 heteroatoms. The zero-order valence-corrected chi connectivity index (χ0v) is 18.1. The molecule has 1 aliphatic heterocycles. The van der Waals surface area contributed by atoms with E-state index in [1.54, 1.807) is 6.92 Å². The van der Waals surface area contributed by atoms with Crippen molar-refractivity contribution in [2.24, 2.45) is 5.92 Å². The zero-order valence-electron chi connectivity index (χ0n) is 17.3. The number of nitrogens with one attached hydrogen (secondary N) is 2. The number of nitrogens with zero attached hydrogens (tertiary/aromatic N) is 1. The highest BCUT2D eigenvalue weighted by molar-refractivity contribution is 7.80. The fourth-order valence-electron chi connectivity index (χ4n) is 4.11. The van der Waals surface area contributed by atoms with Crippen molar-refractivity contribution in [1.29, 1.82) is 0 Å². The largest absolute Gasteiger partial charge is 0.463 e. The molecule has 2 aliphatic rings. The number of allylic oxidation sites excluding steroid dienone is 1. The highest BCUT2D eigenvalue weighted by Crippen LogP contribution is 2.33. The molecular weight excluding hydrogens is 386 g/mol. The topological polar surface area (TPSA) is 70.7 Å². The molecule has 1 amide bonds. The van der Waals surface area contributed by atoms with Crippen LogP contribution in [0.5, 0.6) is 0 Å². The summed E-state index contributed by atoms with van der Waals surface area (Å²) in [5.41, 5.74) is 2.92. The summed E-state index contributed by atoms with van der Waals surface area (Å²) in [4.78, 5) is 27.1. The van der Waals surface area contributed by atoms with Gasteiger partial charge >= 0.3 is 5.97 Å². The Kier molecular flexibility index (Phi) is 6.90. The first-order valence-electron chi connectivity index (χ1n) is 10.3. The summed E-state index contributed by atoms with van der Waals surface area (Å²) < 4.78 is 5.32. The molecule has 0 radical (unpaired) electrons. The summed E-state index contributed by atoms with van der Waals surface area (Å²) in [6, 6.07) is 7.17. The fourth-order valence-corrected chi connectivity index (χ4v) is 4.50. The van der Waals surface area contributed by atoms with Crippen molar-refractivity contribution >= 4 is 34.9 Å². The molecule has 2 N–H and O–H groups in total. The van der Waals surface area contributed by atoms with Gasteiger partial charge in [-0.25, -0.2) is 4.79 Å². The highest BCUT2D eigenvalue weighted by Gasteiger charge is 2.34. The van der Waals surface area contributed by atoms with Gasteiger partial charge in [0, 0.05) is 23.8 Å². The summed E-state index contributed by atoms with van der Waals surface area (Å²) in [5, 5.41) is 6.88. The monoisotopic (exact) mass is 415 g/mol. The van der Waals surface area contributed by atoms with Crippen molar-refractivity contribution in [2.75, 3.05) is 18.5 Å². The van der Waals surface area contributed by atoms with E-state index in [2.05, 4.69) is 10.6 Å². The van der Waals surface area contributed by atoms with Crippen molar-refractivity contribution in [3.8, 4) is 0 Å². The van der Waals surface area contributed by atoms with Crippen LogP contribution in [0.25, 0.3) is 0 Å². The minimum atomic E-state index is -0.423. The Morgan fingerprint density at radius 2 is 2.00 bits per heavy atom. The lowest BCUT2D eigenvalue weighted by Gasteiger charge is -2.37. The summed E-state index contributed by atoms with van der Waals surface area (Å²) in [6.07, 6.45) is 4.13. The molecule has 156 valence electrons. The Morgan fingerprint density at radius 1 is 1.28 bits per heavy atom. The lowest BCUT2D eigenvalue weighted by atomic mass is 9.94. The van der Waals surface area contributed by atoms with Crippen molar-refractivity contribution in [3.63, 3.8) is 0 Å². The minimum absolute atomic E-state index is 0.0706. The Hall–Kier alpha value is -2.41. The quantitative estimate of drug-likeness (QED) is 0.542. The van der Waals surface area contributed by atoms with E-state index in [9.17, 15) is 9.59 Å². The van der Waals surface area contributed by atoms with Crippen molar-refractivity contribution in [1.82, 2.24) is 10.2 Å². The molecule has 0 unspecified atom stereocenters. The van der Waals surface area contributed by atoms with Gasteiger partial charge < -0.3 is 20.3 Å². The van der Waals surface area contributed by atoms with E-state index < -0.39 is 6.04 Å². The summed E-state index contributed by atoms with van der Waals surface area (Å²) in [6.45, 7) is 6.63. The highest BCUT2D eigenvalue weighted by atomic mass is 32.1. The molecule has 1 heterocycles. The molecule has 0 spiro atoms. The molecule has 1 aromatic carbocycles. The van der Waals surface area contributed by atoms with Gasteiger partial charge in [-0.3, -0.25) is 4.79 Å². The van der Waals surface area contributed by atoms with Crippen LogP contribution in [-0.2, 0) is 14.3 Å². The normalized spacial score (nSPS) is 19.9. The lowest BCUT2D eigenvalue weighted by Crippen LogP contribution is -2.47. The molecule has 1 aromatic rings. The molecule has 0 bridgehead atoms. The van der Waals surface area contributed by atoms with E-state index in [1.165, 1.54) is 0 Å². The van der Waals surface area contributed by atoms with Crippen LogP contribution in [0.1, 0.15) is 58.1 Å². The fraction of sp³-hybridized carbons (Fsp3) is 0.500. The number of benzene rings is 1. The molecule has 0 aromatic heterocycles. The number of anilines is 1. The zero-order chi connectivity index (χ0) is 21.0. The number of thiocarbonyl (C=S) groups is 1. The molecule has 0 saturated heterocycles. The van der Waals surface area contributed by atoms with Gasteiger partial charge in [0.05, 0.1) is 18.2 Å². The molecular formula is C22H29N3O3S. The molecule has 1 fully saturated rings. The number of hydrogen-bond acceptors (Lipinski definition) is 4. The maximum absolute atomic E-state index is 12.7. The van der Waals surface area contributed by atoms with E-state index in [-0.39, 0.29) is 17.8 Å². The van der Waals surface area contributed by atoms with Crippen LogP contribution >= 0.6 is 12.2 Å². The first-order valence-corrected chi connectivity index (χ1v) is 10.7. The second-order valence-corrected chi connectivity index (χ2v) is 7.83. The average Bonchev–Trinajstić information content (AvgIpc) is 3.23. The van der Waals surface area contributed by atoms with Crippen molar-refractivity contribution < 1.29 is 14.3 Å². The summed E-state index contributed by atoms with van der Waals surface area (Å²) >= 11 is 5.52. The number of ether oxygens (including phenoxy) is 1. The van der Waals surface area contributed by atoms with E-state index >= 15 is 0 Å². The lowest BCUT2D eigenvalue weighted by molar-refractivity contribution is -0.139. The SMILES string of the molecule is CCOC(=O)C1=C(C)N(CC)C(=S)N[C@@H]1c1cccc(NC(=O)C2CCCC2)c1. The summed E-state index contributed by atoms with van der Waals surface area (Å²) in [7, 11) is 0. The molecule has 6 nitrogen and oxygen atoms in total. The number of esters is 1. The van der Waals surface area contributed by atoms with Gasteiger partial charge in [0.2, 0.25) is 5.91 Å². The predicted molar refractivity (Wildman–Crippen MR) is 117 cm³/mol. The number of hydrogen-bond donors (Lipinski definition) is 2. The first-order chi connectivity index (χ1) is 14.0. The molecule has 29 heavy (non-hydrogen) atoms. The van der Waals surface area contributed by atoms with Gasteiger partial charge in [0.25, 0.3) is 0 Å². The van der Waals surface area contributed by atoms with Crippen LogP contribution < -0.4 is 10.6 Å². The van der Waals surface area contributed by atoms with E-state index in [4.69, 9.17) is 17.0 Å². The Morgan fingerprint density at radius 3 is 2.66 bits per heavy atom. The molecule has 1 saturated carbocycles. The van der Waals surface area contributed by atoms with Crippen LogP contribution in [-0.4, -0.2) is 35.0 Å². The van der Waals surface area contributed by atoms with E-state index in [0.29, 0.717) is 23.8 Å². The third kappa shape index (κ3) is 4.61. The van der Waals surface area contributed by atoms with Gasteiger partial charge in [0.1, 0.15) is 0 Å². The smallest absolute Gasteiger partial charge is 0.338 e.